The molecule has 1 heterocycles. The second kappa shape index (κ2) is 10.4. The fraction of sp³-hybridized carbons (Fsp3) is 0.133. The van der Waals surface area contributed by atoms with Gasteiger partial charge in [0.05, 0.1) is 0 Å². The van der Waals surface area contributed by atoms with Crippen LogP contribution in [0.25, 0.3) is 88.7 Å². The van der Waals surface area contributed by atoms with E-state index in [0.29, 0.717) is 17.5 Å². The van der Waals surface area contributed by atoms with Crippen molar-refractivity contribution in [2.45, 2.75) is 41.5 Å². The van der Waals surface area contributed by atoms with Crippen LogP contribution in [0.5, 0.6) is 0 Å². The molecular formula is C45H35N3. The van der Waals surface area contributed by atoms with Gasteiger partial charge in [-0.1, -0.05) is 102 Å². The van der Waals surface area contributed by atoms with Gasteiger partial charge in [-0.05, 0) is 131 Å². The van der Waals surface area contributed by atoms with E-state index in [0.717, 1.165) is 22.1 Å². The predicted octanol–water partition coefficient (Wildman–Crippen LogP) is 11.8. The Labute approximate surface area is 281 Å². The van der Waals surface area contributed by atoms with Crippen LogP contribution in [0.15, 0.2) is 103 Å². The first-order chi connectivity index (χ1) is 23.3. The van der Waals surface area contributed by atoms with Gasteiger partial charge in [0.2, 0.25) is 0 Å². The fourth-order valence-electron chi connectivity index (χ4n) is 8.42. The highest BCUT2D eigenvalue weighted by molar-refractivity contribution is 6.28. The summed E-state index contributed by atoms with van der Waals surface area (Å²) in [6, 6.07) is 37.9. The van der Waals surface area contributed by atoms with Crippen LogP contribution in [0, 0.1) is 41.5 Å². The molecule has 0 unspecified atom stereocenters. The van der Waals surface area contributed by atoms with Crippen molar-refractivity contribution in [2.24, 2.45) is 0 Å². The largest absolute Gasteiger partial charge is 0.208 e. The van der Waals surface area contributed by atoms with Gasteiger partial charge >= 0.3 is 0 Å². The molecule has 1 aliphatic rings. The van der Waals surface area contributed by atoms with Crippen molar-refractivity contribution < 1.29 is 0 Å². The van der Waals surface area contributed by atoms with Gasteiger partial charge in [-0.15, -0.1) is 0 Å². The molecule has 0 radical (unpaired) electrons. The number of benzene rings is 7. The van der Waals surface area contributed by atoms with Crippen LogP contribution in [-0.2, 0) is 0 Å². The highest BCUT2D eigenvalue weighted by atomic mass is 15.0. The zero-order valence-corrected chi connectivity index (χ0v) is 28.2. The lowest BCUT2D eigenvalue weighted by Crippen LogP contribution is -2.04. The van der Waals surface area contributed by atoms with Crippen molar-refractivity contribution in [3.8, 4) is 56.4 Å². The summed E-state index contributed by atoms with van der Waals surface area (Å²) in [5, 5.41) is 7.37. The highest BCUT2D eigenvalue weighted by Gasteiger charge is 2.25. The first-order valence-electron chi connectivity index (χ1n) is 16.7. The molecule has 0 fully saturated rings. The molecule has 0 spiro atoms. The summed E-state index contributed by atoms with van der Waals surface area (Å²) in [6.07, 6.45) is 0. The van der Waals surface area contributed by atoms with E-state index >= 15 is 0 Å². The fourth-order valence-corrected chi connectivity index (χ4v) is 8.42. The molecule has 230 valence electrons. The summed E-state index contributed by atoms with van der Waals surface area (Å²) >= 11 is 0. The van der Waals surface area contributed by atoms with Crippen LogP contribution < -0.4 is 0 Å². The van der Waals surface area contributed by atoms with E-state index in [1.165, 1.54) is 82.6 Å². The van der Waals surface area contributed by atoms with E-state index in [1.54, 1.807) is 0 Å². The second-order valence-electron chi connectivity index (χ2n) is 13.6. The van der Waals surface area contributed by atoms with E-state index in [1.807, 2.05) is 0 Å². The van der Waals surface area contributed by atoms with Gasteiger partial charge in [0.25, 0.3) is 0 Å². The molecule has 48 heavy (non-hydrogen) atoms. The van der Waals surface area contributed by atoms with E-state index in [4.69, 9.17) is 15.0 Å². The van der Waals surface area contributed by atoms with Crippen LogP contribution in [0.2, 0.25) is 0 Å². The van der Waals surface area contributed by atoms with Crippen molar-refractivity contribution in [3.05, 3.63) is 137 Å². The molecule has 0 amide bonds. The average Bonchev–Trinajstić information content (AvgIpc) is 3.38. The van der Waals surface area contributed by atoms with Crippen LogP contribution in [-0.4, -0.2) is 15.0 Å². The first kappa shape index (κ1) is 28.5. The maximum absolute atomic E-state index is 5.32. The summed E-state index contributed by atoms with van der Waals surface area (Å²) in [6.45, 7) is 12.9. The van der Waals surface area contributed by atoms with E-state index in [-0.39, 0.29) is 0 Å². The maximum atomic E-state index is 5.32. The molecule has 8 aromatic rings. The molecule has 7 aromatic carbocycles. The summed E-state index contributed by atoms with van der Waals surface area (Å²) in [5.74, 6) is 2.12. The number of aryl methyl sites for hydroxylation is 6. The minimum atomic E-state index is 0.693. The Morgan fingerprint density at radius 3 is 1.38 bits per heavy atom. The van der Waals surface area contributed by atoms with Gasteiger partial charge in [-0.2, -0.15) is 0 Å². The lowest BCUT2D eigenvalue weighted by atomic mass is 9.90. The lowest BCUT2D eigenvalue weighted by Gasteiger charge is -2.17. The topological polar surface area (TPSA) is 38.7 Å². The molecule has 3 heteroatoms. The predicted molar refractivity (Wildman–Crippen MR) is 202 cm³/mol. The Morgan fingerprint density at radius 2 is 0.771 bits per heavy atom. The summed E-state index contributed by atoms with van der Waals surface area (Å²) in [4.78, 5) is 15.9. The van der Waals surface area contributed by atoms with E-state index in [9.17, 15) is 0 Å². The van der Waals surface area contributed by atoms with E-state index < -0.39 is 0 Å². The Hall–Kier alpha value is -5.67. The number of fused-ring (bicyclic) bond motifs is 7. The molecule has 0 saturated heterocycles. The summed E-state index contributed by atoms with van der Waals surface area (Å²) in [7, 11) is 0. The molecule has 0 aliphatic heterocycles. The minimum Gasteiger partial charge on any atom is -0.208 e. The Kier molecular flexibility index (Phi) is 6.20. The zero-order chi connectivity index (χ0) is 32.8. The smallest absolute Gasteiger partial charge is 0.164 e. The Morgan fingerprint density at radius 1 is 0.333 bits per heavy atom. The quantitative estimate of drug-likeness (QED) is 0.185. The molecule has 0 saturated carbocycles. The SMILES string of the molecule is Cc1cc(C)c(-c2nc(-c3c(C)cc(C)cc3C)nc(-c3cc4c5cccc6c5c(cc4c4ccccc34)-c3ccccc3-6)n2)c(C)c1. The molecular weight excluding hydrogens is 583 g/mol. The van der Waals surface area contributed by atoms with Crippen LogP contribution >= 0.6 is 0 Å². The van der Waals surface area contributed by atoms with Gasteiger partial charge in [-0.25, -0.2) is 15.0 Å². The molecule has 9 rings (SSSR count). The van der Waals surface area contributed by atoms with Gasteiger partial charge in [-0.3, -0.25) is 0 Å². The third-order valence-electron chi connectivity index (χ3n) is 10.2. The number of hydrogen-bond acceptors (Lipinski definition) is 3. The minimum absolute atomic E-state index is 0.693. The van der Waals surface area contributed by atoms with Gasteiger partial charge in [0.1, 0.15) is 0 Å². The molecule has 0 atom stereocenters. The number of rotatable bonds is 3. The zero-order valence-electron chi connectivity index (χ0n) is 28.2. The van der Waals surface area contributed by atoms with Crippen LogP contribution in [0.3, 0.4) is 0 Å². The molecule has 1 aliphatic carbocycles. The Bertz CT molecular complexity index is 2560. The van der Waals surface area contributed by atoms with Gasteiger partial charge in [0.15, 0.2) is 17.5 Å². The highest BCUT2D eigenvalue weighted by Crippen LogP contribution is 2.50. The standard InChI is InChI=1S/C45H35N3/c1-24-18-26(3)40(27(4)19-24)44-46-43(47-45(48-44)41-28(5)20-25(2)21-29(41)6)39-23-37-35-17-11-16-34-30-12-7-9-14-32(30)38(42(34)35)22-36(37)31-13-8-10-15-33(31)39/h7-23H,1-6H3. The van der Waals surface area contributed by atoms with Gasteiger partial charge in [0, 0.05) is 16.7 Å². The normalized spacial score (nSPS) is 12.0. The monoisotopic (exact) mass is 617 g/mol. The molecule has 3 nitrogen and oxygen atoms in total. The third kappa shape index (κ3) is 4.17. The maximum Gasteiger partial charge on any atom is 0.164 e. The number of aromatic nitrogens is 3. The van der Waals surface area contributed by atoms with Crippen molar-refractivity contribution in [1.82, 2.24) is 15.0 Å². The van der Waals surface area contributed by atoms with Crippen molar-refractivity contribution in [3.63, 3.8) is 0 Å². The second-order valence-corrected chi connectivity index (χ2v) is 13.6. The third-order valence-corrected chi connectivity index (χ3v) is 10.2. The molecule has 1 aromatic heterocycles. The molecule has 0 bridgehead atoms. The first-order valence-corrected chi connectivity index (χ1v) is 16.7. The van der Waals surface area contributed by atoms with Gasteiger partial charge < -0.3 is 0 Å². The molecule has 0 N–H and O–H groups in total. The summed E-state index contributed by atoms with van der Waals surface area (Å²) in [5.41, 5.74) is 15.5. The van der Waals surface area contributed by atoms with Crippen molar-refractivity contribution in [2.75, 3.05) is 0 Å². The van der Waals surface area contributed by atoms with Crippen LogP contribution in [0.4, 0.5) is 0 Å². The Balaban J connectivity index is 1.40. The average molecular weight is 618 g/mol. The summed E-state index contributed by atoms with van der Waals surface area (Å²) < 4.78 is 0. The lowest BCUT2D eigenvalue weighted by molar-refractivity contribution is 1.06. The van der Waals surface area contributed by atoms with Crippen LogP contribution in [0.1, 0.15) is 33.4 Å². The van der Waals surface area contributed by atoms with Crippen molar-refractivity contribution >= 4 is 32.3 Å². The van der Waals surface area contributed by atoms with Crippen molar-refractivity contribution in [1.29, 1.82) is 0 Å². The van der Waals surface area contributed by atoms with E-state index in [2.05, 4.69) is 145 Å². The number of nitrogens with zero attached hydrogens (tertiary/aromatic N) is 3. The number of hydrogen-bond donors (Lipinski definition) is 0.